The monoisotopic (exact) mass is 219 g/mol. The lowest BCUT2D eigenvalue weighted by Gasteiger charge is -2.08. The van der Waals surface area contributed by atoms with Gasteiger partial charge in [-0.25, -0.2) is 0 Å². The highest BCUT2D eigenvalue weighted by Gasteiger charge is 2.15. The van der Waals surface area contributed by atoms with Crippen molar-refractivity contribution in [1.82, 2.24) is 5.32 Å². The SMILES string of the molecule is O=C(CCCCCl)NCC1CCOC1. The molecule has 0 aliphatic carbocycles. The van der Waals surface area contributed by atoms with Crippen LogP contribution in [-0.4, -0.2) is 31.5 Å². The normalized spacial score (nSPS) is 21.1. The number of hydrogen-bond acceptors (Lipinski definition) is 2. The predicted octanol–water partition coefficient (Wildman–Crippen LogP) is 1.55. The number of rotatable bonds is 6. The Morgan fingerprint density at radius 2 is 2.36 bits per heavy atom. The summed E-state index contributed by atoms with van der Waals surface area (Å²) in [6.45, 7) is 2.40. The molecule has 1 heterocycles. The van der Waals surface area contributed by atoms with Gasteiger partial charge in [0.05, 0.1) is 6.61 Å². The van der Waals surface area contributed by atoms with Crippen molar-refractivity contribution in [2.45, 2.75) is 25.7 Å². The fraction of sp³-hybridized carbons (Fsp3) is 0.900. The van der Waals surface area contributed by atoms with Gasteiger partial charge in [0.2, 0.25) is 5.91 Å². The van der Waals surface area contributed by atoms with Gasteiger partial charge in [0.15, 0.2) is 0 Å². The van der Waals surface area contributed by atoms with Crippen LogP contribution in [0.3, 0.4) is 0 Å². The van der Waals surface area contributed by atoms with Crippen molar-refractivity contribution in [3.05, 3.63) is 0 Å². The van der Waals surface area contributed by atoms with Gasteiger partial charge in [-0.3, -0.25) is 4.79 Å². The highest BCUT2D eigenvalue weighted by Crippen LogP contribution is 2.10. The van der Waals surface area contributed by atoms with Crippen molar-refractivity contribution in [2.75, 3.05) is 25.6 Å². The van der Waals surface area contributed by atoms with Crippen LogP contribution in [0.15, 0.2) is 0 Å². The van der Waals surface area contributed by atoms with Gasteiger partial charge in [-0.2, -0.15) is 0 Å². The van der Waals surface area contributed by atoms with E-state index in [1.807, 2.05) is 0 Å². The molecular weight excluding hydrogens is 202 g/mol. The molecule has 0 radical (unpaired) electrons. The highest BCUT2D eigenvalue weighted by molar-refractivity contribution is 6.17. The second kappa shape index (κ2) is 7.07. The van der Waals surface area contributed by atoms with E-state index in [0.29, 0.717) is 18.2 Å². The van der Waals surface area contributed by atoms with E-state index in [-0.39, 0.29) is 5.91 Å². The summed E-state index contributed by atoms with van der Waals surface area (Å²) in [4.78, 5) is 11.3. The van der Waals surface area contributed by atoms with E-state index in [1.54, 1.807) is 0 Å². The Labute approximate surface area is 90.1 Å². The Bertz CT molecular complexity index is 170. The van der Waals surface area contributed by atoms with E-state index < -0.39 is 0 Å². The topological polar surface area (TPSA) is 38.3 Å². The molecule has 0 aromatic rings. The minimum Gasteiger partial charge on any atom is -0.381 e. The molecule has 1 amide bonds. The maximum Gasteiger partial charge on any atom is 0.220 e. The molecule has 1 aliphatic heterocycles. The first kappa shape index (κ1) is 11.8. The summed E-state index contributed by atoms with van der Waals surface area (Å²) in [5, 5.41) is 2.92. The number of ether oxygens (including phenoxy) is 1. The molecule has 1 unspecified atom stereocenters. The van der Waals surface area contributed by atoms with Crippen LogP contribution in [0.25, 0.3) is 0 Å². The minimum absolute atomic E-state index is 0.141. The van der Waals surface area contributed by atoms with Crippen LogP contribution in [0.4, 0.5) is 0 Å². The third-order valence-corrected chi connectivity index (χ3v) is 2.67. The molecule has 14 heavy (non-hydrogen) atoms. The van der Waals surface area contributed by atoms with Crippen LogP contribution in [0.1, 0.15) is 25.7 Å². The summed E-state index contributed by atoms with van der Waals surface area (Å²) in [5.74, 6) is 1.30. The first-order valence-corrected chi connectivity index (χ1v) is 5.77. The van der Waals surface area contributed by atoms with Gasteiger partial charge in [-0.1, -0.05) is 0 Å². The molecule has 1 saturated heterocycles. The van der Waals surface area contributed by atoms with E-state index in [9.17, 15) is 4.79 Å². The molecule has 3 nitrogen and oxygen atoms in total. The zero-order chi connectivity index (χ0) is 10.2. The first-order chi connectivity index (χ1) is 6.83. The summed E-state index contributed by atoms with van der Waals surface area (Å²) in [6.07, 6.45) is 3.47. The largest absolute Gasteiger partial charge is 0.381 e. The molecule has 0 saturated carbocycles. The van der Waals surface area contributed by atoms with Gasteiger partial charge in [0.1, 0.15) is 0 Å². The Kier molecular flexibility index (Phi) is 5.96. The predicted molar refractivity (Wildman–Crippen MR) is 56.5 cm³/mol. The number of nitrogens with one attached hydrogen (secondary N) is 1. The number of hydrogen-bond donors (Lipinski definition) is 1. The summed E-state index contributed by atoms with van der Waals surface area (Å²) in [7, 11) is 0. The molecule has 1 N–H and O–H groups in total. The smallest absolute Gasteiger partial charge is 0.220 e. The maximum absolute atomic E-state index is 11.3. The molecule has 1 rings (SSSR count). The third kappa shape index (κ3) is 4.82. The van der Waals surface area contributed by atoms with E-state index in [4.69, 9.17) is 16.3 Å². The lowest BCUT2D eigenvalue weighted by molar-refractivity contribution is -0.121. The molecule has 1 atom stereocenters. The summed E-state index contributed by atoms with van der Waals surface area (Å²) < 4.78 is 5.22. The van der Waals surface area contributed by atoms with Crippen molar-refractivity contribution in [2.24, 2.45) is 5.92 Å². The van der Waals surface area contributed by atoms with E-state index in [0.717, 1.165) is 39.0 Å². The van der Waals surface area contributed by atoms with Crippen LogP contribution in [0.2, 0.25) is 0 Å². The van der Waals surface area contributed by atoms with Crippen molar-refractivity contribution in [3.63, 3.8) is 0 Å². The van der Waals surface area contributed by atoms with Gasteiger partial charge in [0.25, 0.3) is 0 Å². The Morgan fingerprint density at radius 1 is 1.50 bits per heavy atom. The minimum atomic E-state index is 0.141. The van der Waals surface area contributed by atoms with Crippen molar-refractivity contribution >= 4 is 17.5 Å². The number of amides is 1. The first-order valence-electron chi connectivity index (χ1n) is 5.23. The molecule has 0 aromatic heterocycles. The summed E-state index contributed by atoms with van der Waals surface area (Å²) in [6, 6.07) is 0. The zero-order valence-electron chi connectivity index (χ0n) is 8.43. The summed E-state index contributed by atoms with van der Waals surface area (Å²) in [5.41, 5.74) is 0. The fourth-order valence-corrected chi connectivity index (χ4v) is 1.66. The number of carbonyl (C=O) groups is 1. The van der Waals surface area contributed by atoms with Gasteiger partial charge < -0.3 is 10.1 Å². The van der Waals surface area contributed by atoms with Crippen LogP contribution < -0.4 is 5.32 Å². The van der Waals surface area contributed by atoms with Gasteiger partial charge in [0, 0.05) is 31.4 Å². The lowest BCUT2D eigenvalue weighted by Crippen LogP contribution is -2.29. The van der Waals surface area contributed by atoms with Crippen molar-refractivity contribution < 1.29 is 9.53 Å². The number of unbranched alkanes of at least 4 members (excludes halogenated alkanes) is 1. The second-order valence-electron chi connectivity index (χ2n) is 3.68. The second-order valence-corrected chi connectivity index (χ2v) is 4.06. The Morgan fingerprint density at radius 3 is 3.00 bits per heavy atom. The summed E-state index contributed by atoms with van der Waals surface area (Å²) >= 11 is 5.52. The van der Waals surface area contributed by atoms with Crippen LogP contribution in [0, 0.1) is 5.92 Å². The van der Waals surface area contributed by atoms with E-state index >= 15 is 0 Å². The Hall–Kier alpha value is -0.280. The van der Waals surface area contributed by atoms with Crippen molar-refractivity contribution in [1.29, 1.82) is 0 Å². The van der Waals surface area contributed by atoms with Gasteiger partial charge in [-0.15, -0.1) is 11.6 Å². The average molecular weight is 220 g/mol. The Balaban J connectivity index is 1.96. The zero-order valence-corrected chi connectivity index (χ0v) is 9.18. The molecular formula is C10H18ClNO2. The molecule has 0 aromatic carbocycles. The van der Waals surface area contributed by atoms with E-state index in [2.05, 4.69) is 5.32 Å². The number of carbonyl (C=O) groups excluding carboxylic acids is 1. The number of halogens is 1. The fourth-order valence-electron chi connectivity index (χ4n) is 1.47. The van der Waals surface area contributed by atoms with Crippen molar-refractivity contribution in [3.8, 4) is 0 Å². The lowest BCUT2D eigenvalue weighted by atomic mass is 10.1. The van der Waals surface area contributed by atoms with Crippen LogP contribution >= 0.6 is 11.6 Å². The molecule has 4 heteroatoms. The van der Waals surface area contributed by atoms with Crippen LogP contribution in [0.5, 0.6) is 0 Å². The average Bonchev–Trinajstić information content (AvgIpc) is 2.68. The van der Waals surface area contributed by atoms with Crippen LogP contribution in [-0.2, 0) is 9.53 Å². The quantitative estimate of drug-likeness (QED) is 0.544. The standard InChI is InChI=1S/C10H18ClNO2/c11-5-2-1-3-10(13)12-7-9-4-6-14-8-9/h9H,1-8H2,(H,12,13). The molecule has 1 fully saturated rings. The van der Waals surface area contributed by atoms with Gasteiger partial charge in [-0.05, 0) is 19.3 Å². The highest BCUT2D eigenvalue weighted by atomic mass is 35.5. The van der Waals surface area contributed by atoms with Gasteiger partial charge >= 0.3 is 0 Å². The molecule has 0 bridgehead atoms. The third-order valence-electron chi connectivity index (χ3n) is 2.40. The van der Waals surface area contributed by atoms with E-state index in [1.165, 1.54) is 0 Å². The molecule has 0 spiro atoms. The number of alkyl halides is 1. The molecule has 82 valence electrons. The molecule has 1 aliphatic rings. The maximum atomic E-state index is 11.3.